The number of alkyl halides is 3. The van der Waals surface area contributed by atoms with E-state index in [-0.39, 0.29) is 18.0 Å². The Labute approximate surface area is 159 Å². The van der Waals surface area contributed by atoms with E-state index in [1.165, 1.54) is 31.2 Å². The lowest BCUT2D eigenvalue weighted by Gasteiger charge is -2.14. The summed E-state index contributed by atoms with van der Waals surface area (Å²) >= 11 is 0. The molecule has 0 aliphatic heterocycles. The number of esters is 1. The van der Waals surface area contributed by atoms with Crippen LogP contribution in [0.25, 0.3) is 5.69 Å². The number of aromatic nitrogens is 2. The molecule has 0 saturated heterocycles. The van der Waals surface area contributed by atoms with E-state index in [1.807, 2.05) is 6.92 Å². The van der Waals surface area contributed by atoms with Crippen LogP contribution in [-0.2, 0) is 15.7 Å². The minimum Gasteiger partial charge on any atom is -0.462 e. The van der Waals surface area contributed by atoms with E-state index >= 15 is 0 Å². The van der Waals surface area contributed by atoms with E-state index < -0.39 is 35.4 Å². The summed E-state index contributed by atoms with van der Waals surface area (Å²) in [5.74, 6) is -1.56. The Balaban J connectivity index is 2.40. The highest BCUT2D eigenvalue weighted by molar-refractivity contribution is 5.95. The molecule has 0 bridgehead atoms. The lowest BCUT2D eigenvalue weighted by atomic mass is 10.1. The van der Waals surface area contributed by atoms with E-state index in [2.05, 4.69) is 15.2 Å². The van der Waals surface area contributed by atoms with Gasteiger partial charge in [0.2, 0.25) is 5.91 Å². The molecule has 3 N–H and O–H groups in total. The van der Waals surface area contributed by atoms with Crippen LogP contribution < -0.4 is 11.1 Å². The van der Waals surface area contributed by atoms with Gasteiger partial charge in [-0.15, -0.1) is 0 Å². The van der Waals surface area contributed by atoms with E-state index in [9.17, 15) is 22.8 Å². The molecule has 0 spiro atoms. The fourth-order valence-electron chi connectivity index (χ4n) is 2.57. The number of rotatable bonds is 7. The van der Waals surface area contributed by atoms with Gasteiger partial charge >= 0.3 is 12.1 Å². The number of hydrogen-bond acceptors (Lipinski definition) is 5. The average Bonchev–Trinajstić information content (AvgIpc) is 3.08. The third-order valence-corrected chi connectivity index (χ3v) is 3.83. The van der Waals surface area contributed by atoms with Crippen LogP contribution >= 0.6 is 0 Å². The van der Waals surface area contributed by atoms with Crippen molar-refractivity contribution in [2.24, 2.45) is 5.73 Å². The quantitative estimate of drug-likeness (QED) is 0.698. The number of ether oxygens (including phenoxy) is 1. The Morgan fingerprint density at radius 3 is 2.64 bits per heavy atom. The van der Waals surface area contributed by atoms with Crippen LogP contribution in [0.2, 0.25) is 0 Å². The summed E-state index contributed by atoms with van der Waals surface area (Å²) in [5.41, 5.74) is 4.08. The van der Waals surface area contributed by atoms with Crippen LogP contribution in [0.4, 0.5) is 18.9 Å². The van der Waals surface area contributed by atoms with Gasteiger partial charge in [0.15, 0.2) is 5.69 Å². The molecule has 1 atom stereocenters. The van der Waals surface area contributed by atoms with Crippen LogP contribution in [0.1, 0.15) is 42.7 Å². The predicted molar refractivity (Wildman–Crippen MR) is 96.0 cm³/mol. The highest BCUT2D eigenvalue weighted by Gasteiger charge is 2.41. The van der Waals surface area contributed by atoms with E-state index in [1.54, 1.807) is 0 Å². The Kier molecular flexibility index (Phi) is 6.79. The molecule has 1 heterocycles. The van der Waals surface area contributed by atoms with Crippen molar-refractivity contribution in [1.29, 1.82) is 0 Å². The third-order valence-electron chi connectivity index (χ3n) is 3.83. The first-order valence-electron chi connectivity index (χ1n) is 8.68. The number of carbonyl (C=O) groups is 2. The zero-order valence-electron chi connectivity index (χ0n) is 15.4. The lowest BCUT2D eigenvalue weighted by Crippen LogP contribution is -2.35. The number of nitrogens with one attached hydrogen (secondary N) is 1. The van der Waals surface area contributed by atoms with Crippen molar-refractivity contribution in [2.45, 2.75) is 38.9 Å². The Morgan fingerprint density at radius 2 is 2.04 bits per heavy atom. The molecule has 7 nitrogen and oxygen atoms in total. The third kappa shape index (κ3) is 4.89. The molecular weight excluding hydrogens is 377 g/mol. The molecule has 1 aromatic carbocycles. The number of nitrogens with two attached hydrogens (primary N) is 1. The molecule has 2 rings (SSSR count). The van der Waals surface area contributed by atoms with Gasteiger partial charge < -0.3 is 15.8 Å². The van der Waals surface area contributed by atoms with Crippen molar-refractivity contribution in [1.82, 2.24) is 9.78 Å². The largest absolute Gasteiger partial charge is 0.462 e. The fraction of sp³-hybridized carbons (Fsp3) is 0.389. The first kappa shape index (κ1) is 21.4. The predicted octanol–water partition coefficient (Wildman–Crippen LogP) is 3.13. The maximum atomic E-state index is 13.6. The Bertz CT molecular complexity index is 849. The number of anilines is 1. The number of carbonyl (C=O) groups excluding carboxylic acids is 2. The second-order valence-electron chi connectivity index (χ2n) is 5.97. The van der Waals surface area contributed by atoms with Crippen LogP contribution in [0.5, 0.6) is 0 Å². The average molecular weight is 398 g/mol. The van der Waals surface area contributed by atoms with Crippen LogP contribution in [0, 0.1) is 0 Å². The smallest absolute Gasteiger partial charge is 0.434 e. The van der Waals surface area contributed by atoms with Gasteiger partial charge in [-0.2, -0.15) is 18.3 Å². The summed E-state index contributed by atoms with van der Waals surface area (Å²) in [6.45, 7) is 3.30. The molecule has 28 heavy (non-hydrogen) atoms. The molecule has 1 unspecified atom stereocenters. The topological polar surface area (TPSA) is 99.2 Å². The van der Waals surface area contributed by atoms with Gasteiger partial charge in [-0.1, -0.05) is 19.4 Å². The second kappa shape index (κ2) is 8.87. The minimum atomic E-state index is -4.85. The highest BCUT2D eigenvalue weighted by Crippen LogP contribution is 2.34. The summed E-state index contributed by atoms with van der Waals surface area (Å²) in [4.78, 5) is 23.9. The second-order valence-corrected chi connectivity index (χ2v) is 5.97. The van der Waals surface area contributed by atoms with Crippen molar-refractivity contribution in [2.75, 3.05) is 11.9 Å². The van der Waals surface area contributed by atoms with Gasteiger partial charge in [-0.25, -0.2) is 9.48 Å². The monoisotopic (exact) mass is 398 g/mol. The number of hydrogen-bond donors (Lipinski definition) is 2. The standard InChI is InChI=1S/C18H21F3N4O3/c1-3-6-14(22)16(26)24-11-7-5-8-12(9-11)25-15(18(19,20)21)13(10-23-25)17(27)28-4-2/h5,7-10,14H,3-4,6,22H2,1-2H3,(H,24,26). The molecule has 0 radical (unpaired) electrons. The summed E-state index contributed by atoms with van der Waals surface area (Å²) in [7, 11) is 0. The molecule has 0 saturated carbocycles. The van der Waals surface area contributed by atoms with E-state index in [4.69, 9.17) is 5.73 Å². The maximum absolute atomic E-state index is 13.6. The van der Waals surface area contributed by atoms with Crippen molar-refractivity contribution < 1.29 is 27.5 Å². The van der Waals surface area contributed by atoms with E-state index in [0.717, 1.165) is 6.20 Å². The summed E-state index contributed by atoms with van der Waals surface area (Å²) in [5, 5.41) is 6.27. The zero-order chi connectivity index (χ0) is 20.9. The van der Waals surface area contributed by atoms with Gasteiger partial charge in [0.25, 0.3) is 0 Å². The van der Waals surface area contributed by atoms with E-state index in [0.29, 0.717) is 17.5 Å². The Morgan fingerprint density at radius 1 is 1.32 bits per heavy atom. The number of benzene rings is 1. The van der Waals surface area contributed by atoms with Gasteiger partial charge in [0.1, 0.15) is 5.56 Å². The molecule has 1 aromatic heterocycles. The number of halogens is 3. The molecule has 0 aliphatic carbocycles. The summed E-state index contributed by atoms with van der Waals surface area (Å²) in [6, 6.07) is 4.94. The summed E-state index contributed by atoms with van der Waals surface area (Å²) in [6.07, 6.45) is -2.84. The van der Waals surface area contributed by atoms with Gasteiger partial charge in [-0.3, -0.25) is 4.79 Å². The molecule has 152 valence electrons. The molecule has 1 amide bonds. The number of amides is 1. The molecular formula is C18H21F3N4O3. The lowest BCUT2D eigenvalue weighted by molar-refractivity contribution is -0.143. The molecule has 2 aromatic rings. The maximum Gasteiger partial charge on any atom is 0.434 e. The molecule has 0 fully saturated rings. The van der Waals surface area contributed by atoms with Crippen molar-refractivity contribution in [3.8, 4) is 5.69 Å². The van der Waals surface area contributed by atoms with Crippen LogP contribution in [-0.4, -0.2) is 34.3 Å². The van der Waals surface area contributed by atoms with Gasteiger partial charge in [0.05, 0.1) is 24.5 Å². The first-order valence-corrected chi connectivity index (χ1v) is 8.68. The van der Waals surface area contributed by atoms with Crippen molar-refractivity contribution >= 4 is 17.6 Å². The normalized spacial score (nSPS) is 12.5. The Hall–Kier alpha value is -2.88. The summed E-state index contributed by atoms with van der Waals surface area (Å²) < 4.78 is 46.0. The minimum absolute atomic E-state index is 0.0183. The highest BCUT2D eigenvalue weighted by atomic mass is 19.4. The molecule has 10 heteroatoms. The van der Waals surface area contributed by atoms with Crippen LogP contribution in [0.3, 0.4) is 0 Å². The van der Waals surface area contributed by atoms with Gasteiger partial charge in [0, 0.05) is 5.69 Å². The fourth-order valence-corrected chi connectivity index (χ4v) is 2.57. The van der Waals surface area contributed by atoms with Crippen LogP contribution in [0.15, 0.2) is 30.5 Å². The zero-order valence-corrected chi connectivity index (χ0v) is 15.4. The first-order chi connectivity index (χ1) is 13.2. The van der Waals surface area contributed by atoms with Crippen molar-refractivity contribution in [3.63, 3.8) is 0 Å². The number of nitrogens with zero attached hydrogens (tertiary/aromatic N) is 2. The van der Waals surface area contributed by atoms with Crippen molar-refractivity contribution in [3.05, 3.63) is 41.7 Å². The molecule has 0 aliphatic rings. The van der Waals surface area contributed by atoms with Gasteiger partial charge in [-0.05, 0) is 31.5 Å². The SMILES string of the molecule is CCCC(N)C(=O)Nc1cccc(-n2ncc(C(=O)OCC)c2C(F)(F)F)c1.